The van der Waals surface area contributed by atoms with Crippen LogP contribution in [0.4, 0.5) is 5.69 Å². The Kier molecular flexibility index (Phi) is 5.45. The average molecular weight is 317 g/mol. The molecule has 0 radical (unpaired) electrons. The molecule has 0 atom stereocenters. The van der Waals surface area contributed by atoms with Gasteiger partial charge in [-0.05, 0) is 36.6 Å². The summed E-state index contributed by atoms with van der Waals surface area (Å²) in [5.74, 6) is 0.0302. The monoisotopic (exact) mass is 316 g/mol. The van der Waals surface area contributed by atoms with Crippen LogP contribution in [0.3, 0.4) is 0 Å². The predicted molar refractivity (Wildman–Crippen MR) is 92.3 cm³/mol. The summed E-state index contributed by atoms with van der Waals surface area (Å²) in [6.07, 6.45) is 0. The molecule has 0 aromatic heterocycles. The zero-order valence-electron chi connectivity index (χ0n) is 13.2. The Morgan fingerprint density at radius 3 is 2.36 bits per heavy atom. The van der Waals surface area contributed by atoms with Crippen LogP contribution in [0.5, 0.6) is 0 Å². The number of hydrogen-bond acceptors (Lipinski definition) is 2. The van der Waals surface area contributed by atoms with Gasteiger partial charge in [0, 0.05) is 24.3 Å². The number of rotatable bonds is 5. The largest absolute Gasteiger partial charge is 0.376 e. The van der Waals surface area contributed by atoms with Crippen molar-refractivity contribution in [2.75, 3.05) is 18.9 Å². The topological polar surface area (TPSA) is 32.3 Å². The van der Waals surface area contributed by atoms with Gasteiger partial charge in [-0.15, -0.1) is 0 Å². The Bertz CT molecular complexity index is 650. The van der Waals surface area contributed by atoms with Gasteiger partial charge >= 0.3 is 0 Å². The Balaban J connectivity index is 1.96. The summed E-state index contributed by atoms with van der Waals surface area (Å²) < 4.78 is 0. The van der Waals surface area contributed by atoms with Crippen LogP contribution < -0.4 is 5.32 Å². The first-order valence-corrected chi connectivity index (χ1v) is 7.64. The highest BCUT2D eigenvalue weighted by atomic mass is 35.5. The summed E-state index contributed by atoms with van der Waals surface area (Å²) in [7, 11) is 1.79. The second-order valence-corrected chi connectivity index (χ2v) is 5.87. The van der Waals surface area contributed by atoms with E-state index in [2.05, 4.69) is 5.32 Å². The van der Waals surface area contributed by atoms with E-state index in [-0.39, 0.29) is 12.5 Å². The molecule has 0 aliphatic rings. The number of anilines is 1. The van der Waals surface area contributed by atoms with Gasteiger partial charge in [0.1, 0.15) is 0 Å². The molecule has 0 saturated heterocycles. The van der Waals surface area contributed by atoms with Gasteiger partial charge in [-0.1, -0.05) is 48.0 Å². The minimum absolute atomic E-state index is 0.0302. The molecular weight excluding hydrogens is 296 g/mol. The molecule has 0 saturated carbocycles. The minimum Gasteiger partial charge on any atom is -0.376 e. The maximum absolute atomic E-state index is 12.3. The summed E-state index contributed by atoms with van der Waals surface area (Å²) in [6.45, 7) is 4.85. The molecule has 4 heteroatoms. The average Bonchev–Trinajstić information content (AvgIpc) is 2.48. The first kappa shape index (κ1) is 16.4. The second-order valence-electron chi connectivity index (χ2n) is 5.46. The third-order valence-corrected chi connectivity index (χ3v) is 4.06. The molecule has 2 rings (SSSR count). The molecule has 1 N–H and O–H groups in total. The van der Waals surface area contributed by atoms with Crippen LogP contribution in [-0.2, 0) is 11.3 Å². The molecule has 3 nitrogen and oxygen atoms in total. The van der Waals surface area contributed by atoms with Crippen molar-refractivity contribution in [1.29, 1.82) is 0 Å². The lowest BCUT2D eigenvalue weighted by molar-refractivity contribution is -0.128. The standard InChI is InChI=1S/C18H21ClN2O/c1-13-7-6-8-14(2)18(13)20-11-17(22)21(3)12-15-9-4-5-10-16(15)19/h4-10,20H,11-12H2,1-3H3. The molecule has 22 heavy (non-hydrogen) atoms. The van der Waals surface area contributed by atoms with Crippen molar-refractivity contribution in [3.05, 3.63) is 64.2 Å². The summed E-state index contributed by atoms with van der Waals surface area (Å²) in [4.78, 5) is 14.0. The Hall–Kier alpha value is -2.00. The molecule has 0 fully saturated rings. The van der Waals surface area contributed by atoms with Crippen molar-refractivity contribution in [3.63, 3.8) is 0 Å². The maximum atomic E-state index is 12.3. The van der Waals surface area contributed by atoms with E-state index in [4.69, 9.17) is 11.6 Å². The second kappa shape index (κ2) is 7.32. The van der Waals surface area contributed by atoms with Gasteiger partial charge in [0.15, 0.2) is 0 Å². The summed E-state index contributed by atoms with van der Waals surface area (Å²) in [5, 5.41) is 3.92. The van der Waals surface area contributed by atoms with E-state index in [1.165, 1.54) is 0 Å². The number of likely N-dealkylation sites (N-methyl/N-ethyl adjacent to an activating group) is 1. The van der Waals surface area contributed by atoms with Gasteiger partial charge in [0.25, 0.3) is 0 Å². The van der Waals surface area contributed by atoms with Gasteiger partial charge in [0.2, 0.25) is 5.91 Å². The quantitative estimate of drug-likeness (QED) is 0.903. The Labute approximate surface area is 136 Å². The molecule has 0 heterocycles. The highest BCUT2D eigenvalue weighted by molar-refractivity contribution is 6.31. The third-order valence-electron chi connectivity index (χ3n) is 3.69. The highest BCUT2D eigenvalue weighted by Gasteiger charge is 2.11. The summed E-state index contributed by atoms with van der Waals surface area (Å²) in [6, 6.07) is 13.7. The lowest BCUT2D eigenvalue weighted by atomic mass is 10.1. The number of nitrogens with zero attached hydrogens (tertiary/aromatic N) is 1. The number of aryl methyl sites for hydroxylation is 2. The van der Waals surface area contributed by atoms with Crippen molar-refractivity contribution in [2.45, 2.75) is 20.4 Å². The van der Waals surface area contributed by atoms with Crippen LogP contribution in [0.1, 0.15) is 16.7 Å². The number of benzene rings is 2. The zero-order valence-corrected chi connectivity index (χ0v) is 13.9. The van der Waals surface area contributed by atoms with Crippen molar-refractivity contribution in [1.82, 2.24) is 4.90 Å². The molecule has 0 aliphatic carbocycles. The van der Waals surface area contributed by atoms with Gasteiger partial charge in [-0.25, -0.2) is 0 Å². The number of hydrogen-bond donors (Lipinski definition) is 1. The number of para-hydroxylation sites is 1. The van der Waals surface area contributed by atoms with Gasteiger partial charge in [0.05, 0.1) is 6.54 Å². The number of amides is 1. The third kappa shape index (κ3) is 4.01. The van der Waals surface area contributed by atoms with E-state index in [9.17, 15) is 4.79 Å². The van der Waals surface area contributed by atoms with E-state index >= 15 is 0 Å². The SMILES string of the molecule is Cc1cccc(C)c1NCC(=O)N(C)Cc1ccccc1Cl. The van der Waals surface area contributed by atoms with E-state index in [1.807, 2.05) is 56.3 Å². The number of carbonyl (C=O) groups excluding carboxylic acids is 1. The first-order chi connectivity index (χ1) is 10.5. The lowest BCUT2D eigenvalue weighted by Gasteiger charge is -2.19. The molecule has 0 spiro atoms. The molecule has 0 aliphatic heterocycles. The van der Waals surface area contributed by atoms with Crippen molar-refractivity contribution in [3.8, 4) is 0 Å². The highest BCUT2D eigenvalue weighted by Crippen LogP contribution is 2.19. The molecular formula is C18H21ClN2O. The zero-order chi connectivity index (χ0) is 16.1. The first-order valence-electron chi connectivity index (χ1n) is 7.26. The Morgan fingerprint density at radius 1 is 1.09 bits per heavy atom. The van der Waals surface area contributed by atoms with Crippen molar-refractivity contribution >= 4 is 23.2 Å². The minimum atomic E-state index is 0.0302. The van der Waals surface area contributed by atoms with Crippen LogP contribution in [0.2, 0.25) is 5.02 Å². The maximum Gasteiger partial charge on any atom is 0.241 e. The van der Waals surface area contributed by atoms with E-state index in [0.29, 0.717) is 11.6 Å². The van der Waals surface area contributed by atoms with Crippen LogP contribution in [0.25, 0.3) is 0 Å². The van der Waals surface area contributed by atoms with Gasteiger partial charge in [-0.3, -0.25) is 4.79 Å². The van der Waals surface area contributed by atoms with Crippen molar-refractivity contribution < 1.29 is 4.79 Å². The smallest absolute Gasteiger partial charge is 0.241 e. The van der Waals surface area contributed by atoms with Gasteiger partial charge in [-0.2, -0.15) is 0 Å². The summed E-state index contributed by atoms with van der Waals surface area (Å²) in [5.41, 5.74) is 4.26. The number of carbonyl (C=O) groups is 1. The van der Waals surface area contributed by atoms with Crippen molar-refractivity contribution in [2.24, 2.45) is 0 Å². The molecule has 2 aromatic carbocycles. The van der Waals surface area contributed by atoms with E-state index in [1.54, 1.807) is 11.9 Å². The molecule has 0 unspecified atom stereocenters. The Morgan fingerprint density at radius 2 is 1.73 bits per heavy atom. The fraction of sp³-hybridized carbons (Fsp3) is 0.278. The predicted octanol–water partition coefficient (Wildman–Crippen LogP) is 4.03. The number of nitrogens with one attached hydrogen (secondary N) is 1. The van der Waals surface area contributed by atoms with Crippen LogP contribution >= 0.6 is 11.6 Å². The fourth-order valence-electron chi connectivity index (χ4n) is 2.36. The molecule has 2 aromatic rings. The van der Waals surface area contributed by atoms with Crippen LogP contribution in [-0.4, -0.2) is 24.4 Å². The normalized spacial score (nSPS) is 10.4. The molecule has 0 bridgehead atoms. The van der Waals surface area contributed by atoms with Gasteiger partial charge < -0.3 is 10.2 Å². The van der Waals surface area contributed by atoms with E-state index < -0.39 is 0 Å². The van der Waals surface area contributed by atoms with Crippen LogP contribution in [0.15, 0.2) is 42.5 Å². The number of halogens is 1. The fourth-order valence-corrected chi connectivity index (χ4v) is 2.56. The molecule has 1 amide bonds. The lowest BCUT2D eigenvalue weighted by Crippen LogP contribution is -2.32. The van der Waals surface area contributed by atoms with E-state index in [0.717, 1.165) is 22.4 Å². The van der Waals surface area contributed by atoms with Crippen LogP contribution in [0, 0.1) is 13.8 Å². The molecule has 116 valence electrons. The summed E-state index contributed by atoms with van der Waals surface area (Å²) >= 11 is 6.13.